The summed E-state index contributed by atoms with van der Waals surface area (Å²) in [6.45, 7) is 14.8. The van der Waals surface area contributed by atoms with E-state index < -0.39 is 16.1 Å². The third-order valence-corrected chi connectivity index (χ3v) is 8.71. The van der Waals surface area contributed by atoms with Gasteiger partial charge in [-0.2, -0.15) is 0 Å². The minimum Gasteiger partial charge on any atom is -0.492 e. The third-order valence-electron chi connectivity index (χ3n) is 5.01. The highest BCUT2D eigenvalue weighted by molar-refractivity contribution is 6.89. The van der Waals surface area contributed by atoms with Gasteiger partial charge in [0.1, 0.15) is 18.2 Å². The number of hydrogen-bond acceptors (Lipinski definition) is 1. The molecular weight excluding hydrogens is 343 g/mol. The van der Waals surface area contributed by atoms with Crippen molar-refractivity contribution in [1.29, 1.82) is 0 Å². The van der Waals surface area contributed by atoms with Crippen LogP contribution in [0, 0.1) is 5.82 Å². The standard InChI is InChI=1S/C21H29FOSi2/c1-24(2,3)15-21(14-23-19-10-8-7-9-17(19)21)18-12-11-16(22)13-20(18)25(4,5)6/h7-13H,14-15H2,1-6H3. The summed E-state index contributed by atoms with van der Waals surface area (Å²) >= 11 is 0. The van der Waals surface area contributed by atoms with Crippen LogP contribution in [0.4, 0.5) is 4.39 Å². The molecule has 0 radical (unpaired) electrons. The van der Waals surface area contributed by atoms with E-state index in [9.17, 15) is 4.39 Å². The van der Waals surface area contributed by atoms with E-state index in [1.165, 1.54) is 16.3 Å². The van der Waals surface area contributed by atoms with Gasteiger partial charge >= 0.3 is 0 Å². The van der Waals surface area contributed by atoms with Crippen LogP contribution in [-0.2, 0) is 5.41 Å². The van der Waals surface area contributed by atoms with Gasteiger partial charge in [-0.1, -0.05) is 68.7 Å². The Hall–Kier alpha value is -1.40. The van der Waals surface area contributed by atoms with E-state index in [-0.39, 0.29) is 11.2 Å². The van der Waals surface area contributed by atoms with E-state index >= 15 is 0 Å². The van der Waals surface area contributed by atoms with Gasteiger partial charge in [0.15, 0.2) is 0 Å². The van der Waals surface area contributed by atoms with E-state index in [1.54, 1.807) is 12.1 Å². The molecule has 0 saturated heterocycles. The van der Waals surface area contributed by atoms with Crippen LogP contribution in [0.25, 0.3) is 0 Å². The molecule has 1 aliphatic rings. The average Bonchev–Trinajstić information content (AvgIpc) is 2.84. The van der Waals surface area contributed by atoms with Crippen molar-refractivity contribution in [3.05, 3.63) is 59.4 Å². The smallest absolute Gasteiger partial charge is 0.123 e. The first kappa shape index (κ1) is 18.4. The van der Waals surface area contributed by atoms with Crippen LogP contribution in [0.15, 0.2) is 42.5 Å². The van der Waals surface area contributed by atoms with Crippen LogP contribution in [0.1, 0.15) is 11.1 Å². The molecular formula is C21H29FOSi2. The van der Waals surface area contributed by atoms with Crippen molar-refractivity contribution in [2.75, 3.05) is 6.61 Å². The van der Waals surface area contributed by atoms with Crippen molar-refractivity contribution in [2.24, 2.45) is 0 Å². The van der Waals surface area contributed by atoms with Gasteiger partial charge in [0.25, 0.3) is 0 Å². The molecule has 0 bridgehead atoms. The van der Waals surface area contributed by atoms with Gasteiger partial charge in [0.2, 0.25) is 0 Å². The zero-order chi connectivity index (χ0) is 18.5. The van der Waals surface area contributed by atoms with Gasteiger partial charge in [0.05, 0.1) is 13.5 Å². The Morgan fingerprint density at radius 2 is 1.64 bits per heavy atom. The Kier molecular flexibility index (Phi) is 4.49. The molecule has 1 unspecified atom stereocenters. The fourth-order valence-electron chi connectivity index (χ4n) is 4.19. The monoisotopic (exact) mass is 372 g/mol. The number of hydrogen-bond donors (Lipinski definition) is 0. The van der Waals surface area contributed by atoms with Gasteiger partial charge < -0.3 is 4.74 Å². The predicted octanol–water partition coefficient (Wildman–Crippen LogP) is 5.39. The van der Waals surface area contributed by atoms with Crippen molar-refractivity contribution >= 4 is 21.3 Å². The average molecular weight is 373 g/mol. The van der Waals surface area contributed by atoms with Crippen LogP contribution in [0.5, 0.6) is 5.75 Å². The number of ether oxygens (including phenoxy) is 1. The van der Waals surface area contributed by atoms with Crippen molar-refractivity contribution in [3.63, 3.8) is 0 Å². The second kappa shape index (κ2) is 6.10. The molecule has 25 heavy (non-hydrogen) atoms. The summed E-state index contributed by atoms with van der Waals surface area (Å²) in [5, 5.41) is 1.23. The molecule has 0 aromatic heterocycles. The summed E-state index contributed by atoms with van der Waals surface area (Å²) in [6, 6.07) is 15.0. The lowest BCUT2D eigenvalue weighted by molar-refractivity contribution is 0.302. The Bertz CT molecular complexity index is 789. The van der Waals surface area contributed by atoms with Crippen LogP contribution in [0.3, 0.4) is 0 Å². The molecule has 134 valence electrons. The predicted molar refractivity (Wildman–Crippen MR) is 110 cm³/mol. The molecule has 0 aliphatic carbocycles. The highest BCUT2D eigenvalue weighted by Gasteiger charge is 2.47. The van der Waals surface area contributed by atoms with Gasteiger partial charge in [-0.05, 0) is 29.8 Å². The van der Waals surface area contributed by atoms with Crippen molar-refractivity contribution in [3.8, 4) is 5.75 Å². The minimum atomic E-state index is -1.70. The van der Waals surface area contributed by atoms with Crippen LogP contribution in [-0.4, -0.2) is 22.8 Å². The zero-order valence-corrected chi connectivity index (χ0v) is 18.2. The maximum absolute atomic E-state index is 14.1. The van der Waals surface area contributed by atoms with Crippen LogP contribution >= 0.6 is 0 Å². The summed E-state index contributed by atoms with van der Waals surface area (Å²) in [7, 11) is -3.10. The van der Waals surface area contributed by atoms with Crippen LogP contribution in [0.2, 0.25) is 45.3 Å². The first-order valence-corrected chi connectivity index (χ1v) is 16.3. The first-order chi connectivity index (χ1) is 11.5. The van der Waals surface area contributed by atoms with E-state index in [0.717, 1.165) is 11.8 Å². The largest absolute Gasteiger partial charge is 0.492 e. The molecule has 1 heterocycles. The normalized spacial score (nSPS) is 20.3. The number of benzene rings is 2. The molecule has 2 aromatic rings. The quantitative estimate of drug-likeness (QED) is 0.654. The van der Waals surface area contributed by atoms with Crippen molar-refractivity contribution < 1.29 is 9.13 Å². The maximum Gasteiger partial charge on any atom is 0.123 e. The Morgan fingerprint density at radius 1 is 0.960 bits per heavy atom. The van der Waals surface area contributed by atoms with Crippen molar-refractivity contribution in [1.82, 2.24) is 0 Å². The fraction of sp³-hybridized carbons (Fsp3) is 0.429. The molecule has 1 aliphatic heterocycles. The topological polar surface area (TPSA) is 9.23 Å². The van der Waals surface area contributed by atoms with E-state index in [2.05, 4.69) is 57.5 Å². The first-order valence-electron chi connectivity index (χ1n) is 9.06. The summed E-state index contributed by atoms with van der Waals surface area (Å²) in [4.78, 5) is 0. The van der Waals surface area contributed by atoms with E-state index in [0.29, 0.717) is 6.61 Å². The fourth-order valence-corrected chi connectivity index (χ4v) is 8.19. The highest BCUT2D eigenvalue weighted by Crippen LogP contribution is 2.48. The molecule has 0 spiro atoms. The highest BCUT2D eigenvalue weighted by atomic mass is 28.3. The van der Waals surface area contributed by atoms with Gasteiger partial charge in [-0.25, -0.2) is 4.39 Å². The summed E-state index contributed by atoms with van der Waals surface area (Å²) in [5.41, 5.74) is 2.42. The summed E-state index contributed by atoms with van der Waals surface area (Å²) < 4.78 is 20.3. The number of halogens is 1. The van der Waals surface area contributed by atoms with E-state index in [4.69, 9.17) is 4.74 Å². The lowest BCUT2D eigenvalue weighted by atomic mass is 9.77. The summed E-state index contributed by atoms with van der Waals surface area (Å²) in [6.07, 6.45) is 0. The SMILES string of the molecule is C[Si](C)(C)CC1(c2ccc(F)cc2[Si](C)(C)C)COc2ccccc21. The van der Waals surface area contributed by atoms with Gasteiger partial charge in [0, 0.05) is 13.6 Å². The van der Waals surface area contributed by atoms with Crippen LogP contribution < -0.4 is 9.92 Å². The van der Waals surface area contributed by atoms with Gasteiger partial charge in [-0.15, -0.1) is 0 Å². The second-order valence-corrected chi connectivity index (χ2v) is 20.1. The van der Waals surface area contributed by atoms with Crippen molar-refractivity contribution in [2.45, 2.75) is 50.7 Å². The number of fused-ring (bicyclic) bond motifs is 1. The molecule has 0 amide bonds. The minimum absolute atomic E-state index is 0.128. The molecule has 0 fully saturated rings. The Labute approximate surface area is 153 Å². The lowest BCUT2D eigenvalue weighted by Gasteiger charge is -2.38. The molecule has 0 saturated carbocycles. The number of para-hydroxylation sites is 1. The van der Waals surface area contributed by atoms with Gasteiger partial charge in [-0.3, -0.25) is 0 Å². The molecule has 1 atom stereocenters. The third kappa shape index (κ3) is 3.47. The molecule has 2 aromatic carbocycles. The number of rotatable bonds is 4. The zero-order valence-electron chi connectivity index (χ0n) is 16.2. The molecule has 3 rings (SSSR count). The lowest BCUT2D eigenvalue weighted by Crippen LogP contribution is -2.48. The molecule has 4 heteroatoms. The molecule has 0 N–H and O–H groups in total. The second-order valence-electron chi connectivity index (χ2n) is 9.54. The Balaban J connectivity index is 2.29. The summed E-state index contributed by atoms with van der Waals surface area (Å²) in [5.74, 6) is 0.864. The Morgan fingerprint density at radius 3 is 2.28 bits per heavy atom. The maximum atomic E-state index is 14.1. The van der Waals surface area contributed by atoms with E-state index in [1.807, 2.05) is 12.1 Å². The molecule has 1 nitrogen and oxygen atoms in total.